The number of ether oxygens (including phenoxy) is 1. The van der Waals surface area contributed by atoms with Crippen LogP contribution in [0.4, 0.5) is 4.79 Å². The maximum absolute atomic E-state index is 12.2. The molecule has 0 saturated heterocycles. The van der Waals surface area contributed by atoms with Gasteiger partial charge in [-0.25, -0.2) is 4.79 Å². The van der Waals surface area contributed by atoms with E-state index in [1.807, 2.05) is 55.5 Å². The van der Waals surface area contributed by atoms with Gasteiger partial charge in [-0.05, 0) is 190 Å². The van der Waals surface area contributed by atoms with Crippen LogP contribution >= 0.6 is 0 Å². The highest BCUT2D eigenvalue weighted by Gasteiger charge is 2.37. The lowest BCUT2D eigenvalue weighted by Crippen LogP contribution is -2.41. The van der Waals surface area contributed by atoms with Gasteiger partial charge in [-0.2, -0.15) is 0 Å². The van der Waals surface area contributed by atoms with Crippen molar-refractivity contribution >= 4 is 49.7 Å². The van der Waals surface area contributed by atoms with E-state index in [9.17, 15) is 25.2 Å². The smallest absolute Gasteiger partial charge is 0.410 e. The van der Waals surface area contributed by atoms with Crippen molar-refractivity contribution in [2.24, 2.45) is 0 Å². The van der Waals surface area contributed by atoms with E-state index in [1.165, 1.54) is 94.4 Å². The summed E-state index contributed by atoms with van der Waals surface area (Å²) in [6, 6.07) is 41.4. The fraction of sp³-hybridized carbons (Fsp3) is 0.384. The van der Waals surface area contributed by atoms with Crippen LogP contribution in [0.25, 0.3) is 43.6 Å². The lowest BCUT2D eigenvalue weighted by atomic mass is 9.82. The van der Waals surface area contributed by atoms with Crippen LogP contribution in [0.2, 0.25) is 0 Å². The lowest BCUT2D eigenvalue weighted by Gasteiger charge is -2.38. The second-order valence-electron chi connectivity index (χ2n) is 30.1. The van der Waals surface area contributed by atoms with Gasteiger partial charge in [0.05, 0.1) is 69.3 Å². The van der Waals surface area contributed by atoms with Crippen LogP contribution in [-0.4, -0.2) is 138 Å². The Morgan fingerprint density at radius 3 is 1.36 bits per heavy atom. The summed E-state index contributed by atoms with van der Waals surface area (Å²) in [6.07, 6.45) is 14.2. The number of pyridine rings is 4. The Labute approximate surface area is 611 Å². The number of aromatic nitrogens is 8. The molecule has 8 aromatic heterocycles. The number of fused-ring (bicyclic) bond motifs is 12. The van der Waals surface area contributed by atoms with Crippen LogP contribution in [0, 0.1) is 20.8 Å². The summed E-state index contributed by atoms with van der Waals surface area (Å²) >= 11 is 0. The van der Waals surface area contributed by atoms with E-state index in [2.05, 4.69) is 195 Å². The van der Waals surface area contributed by atoms with Crippen molar-refractivity contribution in [3.8, 4) is 0 Å². The molecular formula is C86H102N12O6. The number of para-hydroxylation sites is 1. The number of nitrogens with zero attached hydrogens (tertiary/aromatic N) is 12. The summed E-state index contributed by atoms with van der Waals surface area (Å²) in [5.41, 5.74) is 24.3. The monoisotopic (exact) mass is 1400 g/mol. The lowest BCUT2D eigenvalue weighted by molar-refractivity contribution is 0.102. The number of aliphatic hydroxyl groups is 4. The molecule has 12 aromatic rings. The number of likely N-dealkylation sites (N-methyl/N-ethyl adjacent to an activating group) is 3. The van der Waals surface area contributed by atoms with Gasteiger partial charge in [0.15, 0.2) is 0 Å². The Bertz CT molecular complexity index is 4970. The van der Waals surface area contributed by atoms with Gasteiger partial charge < -0.3 is 63.0 Å². The minimum Gasteiger partial charge on any atom is -0.450 e. The summed E-state index contributed by atoms with van der Waals surface area (Å²) in [5, 5.41) is 48.3. The number of aliphatic hydroxyl groups excluding tert-OH is 4. The molecule has 12 heterocycles. The van der Waals surface area contributed by atoms with Crippen molar-refractivity contribution in [1.29, 1.82) is 0 Å². The minimum atomic E-state index is -0.618. The molecule has 4 atom stereocenters. The van der Waals surface area contributed by atoms with Crippen LogP contribution in [-0.2, 0) is 81.8 Å². The van der Waals surface area contributed by atoms with Crippen LogP contribution in [0.3, 0.4) is 0 Å². The molecule has 4 aromatic carbocycles. The van der Waals surface area contributed by atoms with Gasteiger partial charge in [0.25, 0.3) is 0 Å². The molecule has 0 saturated carbocycles. The first kappa shape index (κ1) is 73.0. The average Bonchev–Trinajstić information content (AvgIpc) is 1.60. The van der Waals surface area contributed by atoms with Crippen LogP contribution in [0.15, 0.2) is 171 Å². The highest BCUT2D eigenvalue weighted by atomic mass is 16.6. The maximum atomic E-state index is 12.2. The topological polar surface area (TPSA) is 191 Å². The number of hydrogen-bond acceptors (Lipinski definition) is 13. The highest BCUT2D eigenvalue weighted by molar-refractivity contribution is 5.90. The fourth-order valence-electron chi connectivity index (χ4n) is 16.5. The molecule has 0 bridgehead atoms. The molecule has 4 unspecified atom stereocenters. The molecule has 0 fully saturated rings. The Kier molecular flexibility index (Phi) is 22.1. The number of hydrogen-bond donors (Lipinski definition) is 4. The first-order valence-corrected chi connectivity index (χ1v) is 36.9. The zero-order chi connectivity index (χ0) is 73.1. The number of carbonyl (C=O) groups is 1. The standard InChI is InChI=1S/C22H25N3O3.2C22H27N3O.C20H23N3O/c1-3-28-22(27)24-11-8-20-18(13-24)17-12-15(2)4-5-19(17)25(20)14-21(26)16-6-9-23-10-7-16;1-15-5-6-19-17(11-15)18-12-24(4)14-22(2,3)21(18)25(19)13-20(26)16-7-9-23-10-8-16;1-15(2)17-4-5-20-18(12-17)19-13-24(3)11-8-21(19)25(20)14-22(26)16-6-9-23-10-7-16;1-14-4-3-5-16-17-12-22(2)11-8-18(17)23(20(14)16)13-19(24)15-6-9-21-10-7-15/h4-7,9-10,12,21,26H,3,8,11,13-14H2,1-2H3;5-11,20,26H,12-14H2,1-4H3;4-7,9-10,12,15,22,26H,8,11,13-14H2,1-3H3;3-7,9-10,19,24H,8,11-13H2,1-2H3. The van der Waals surface area contributed by atoms with Gasteiger partial charge in [0.1, 0.15) is 0 Å². The third-order valence-corrected chi connectivity index (χ3v) is 21.6. The van der Waals surface area contributed by atoms with Crippen LogP contribution < -0.4 is 0 Å². The van der Waals surface area contributed by atoms with Crippen molar-refractivity contribution in [2.75, 3.05) is 53.9 Å². The van der Waals surface area contributed by atoms with Crippen LogP contribution in [0.5, 0.6) is 0 Å². The van der Waals surface area contributed by atoms with E-state index >= 15 is 0 Å². The predicted molar refractivity (Wildman–Crippen MR) is 413 cm³/mol. The molecule has 4 aliphatic rings. The van der Waals surface area contributed by atoms with Crippen molar-refractivity contribution in [3.63, 3.8) is 0 Å². The molecule has 0 spiro atoms. The number of benzene rings is 4. The SMILES string of the molecule is CC(C)c1ccc2c(c1)c1c(n2CC(O)c2ccncc2)CCN(C)C1.CCOC(=O)N1CCc2c(c3cc(C)ccc3n2CC(O)c2ccncc2)C1.Cc1ccc2c(c1)c1c(n2CC(O)c2ccncc2)C(C)(C)CN(C)C1.Cc1cccc2c3c(n(CC(O)c4ccncc4)c12)CCN(C)C3. The average molecular weight is 1400 g/mol. The quantitative estimate of drug-likeness (QED) is 0.0805. The van der Waals surface area contributed by atoms with Crippen molar-refractivity contribution in [3.05, 3.63) is 260 Å². The first-order valence-electron chi connectivity index (χ1n) is 36.9. The zero-order valence-corrected chi connectivity index (χ0v) is 62.3. The summed E-state index contributed by atoms with van der Waals surface area (Å²) < 4.78 is 14.4. The third-order valence-electron chi connectivity index (χ3n) is 21.6. The molecule has 104 heavy (non-hydrogen) atoms. The molecule has 0 radical (unpaired) electrons. The fourth-order valence-corrected chi connectivity index (χ4v) is 16.5. The van der Waals surface area contributed by atoms with Gasteiger partial charge in [0, 0.05) is 186 Å². The summed E-state index contributed by atoms with van der Waals surface area (Å²) in [5.74, 6) is 0.516. The van der Waals surface area contributed by atoms with E-state index in [1.54, 1.807) is 54.5 Å². The van der Waals surface area contributed by atoms with Gasteiger partial charge >= 0.3 is 6.09 Å². The van der Waals surface area contributed by atoms with E-state index < -0.39 is 24.4 Å². The Balaban J connectivity index is 0.000000123. The number of amides is 1. The predicted octanol–water partition coefficient (Wildman–Crippen LogP) is 14.3. The third kappa shape index (κ3) is 15.4. The Hall–Kier alpha value is -9.37. The van der Waals surface area contributed by atoms with Crippen molar-refractivity contribution < 1.29 is 30.0 Å². The van der Waals surface area contributed by atoms with Gasteiger partial charge in [-0.3, -0.25) is 19.9 Å². The molecular weight excluding hydrogens is 1300 g/mol. The van der Waals surface area contributed by atoms with E-state index in [4.69, 9.17) is 4.74 Å². The van der Waals surface area contributed by atoms with Gasteiger partial charge in [-0.1, -0.05) is 75.2 Å². The minimum absolute atomic E-state index is 0.0349. The molecule has 0 aliphatic carbocycles. The van der Waals surface area contributed by atoms with E-state index in [-0.39, 0.29) is 11.5 Å². The highest BCUT2D eigenvalue weighted by Crippen LogP contribution is 2.42. The number of rotatable bonds is 14. The van der Waals surface area contributed by atoms with Crippen molar-refractivity contribution in [2.45, 2.75) is 163 Å². The molecule has 4 aliphatic heterocycles. The summed E-state index contributed by atoms with van der Waals surface area (Å²) in [7, 11) is 6.55. The van der Waals surface area contributed by atoms with Crippen LogP contribution in [0.1, 0.15) is 154 Å². The largest absolute Gasteiger partial charge is 0.450 e. The molecule has 542 valence electrons. The maximum Gasteiger partial charge on any atom is 0.410 e. The van der Waals surface area contributed by atoms with E-state index in [0.29, 0.717) is 51.8 Å². The number of aryl methyl sites for hydroxylation is 3. The van der Waals surface area contributed by atoms with Gasteiger partial charge in [0.2, 0.25) is 0 Å². The van der Waals surface area contributed by atoms with Gasteiger partial charge in [-0.15, -0.1) is 0 Å². The molecule has 18 nitrogen and oxygen atoms in total. The van der Waals surface area contributed by atoms with E-state index in [0.717, 1.165) is 97.3 Å². The normalized spacial score (nSPS) is 16.3. The molecule has 18 heteroatoms. The summed E-state index contributed by atoms with van der Waals surface area (Å²) in [4.78, 5) is 37.3. The Morgan fingerprint density at radius 1 is 0.462 bits per heavy atom. The molecule has 16 rings (SSSR count). The summed E-state index contributed by atoms with van der Waals surface area (Å²) in [6.45, 7) is 27.1. The van der Waals surface area contributed by atoms with Crippen molar-refractivity contribution in [1.82, 2.24) is 57.8 Å². The zero-order valence-electron chi connectivity index (χ0n) is 62.3. The Morgan fingerprint density at radius 2 is 0.865 bits per heavy atom. The first-order chi connectivity index (χ1) is 50.1. The molecule has 4 N–H and O–H groups in total. The number of carbonyl (C=O) groups excluding carboxylic acids is 1. The molecule has 1 amide bonds. The second-order valence-corrected chi connectivity index (χ2v) is 30.1. The second kappa shape index (κ2) is 31.5.